The fourth-order valence-corrected chi connectivity index (χ4v) is 15.9. The van der Waals surface area contributed by atoms with E-state index in [1.807, 2.05) is 113 Å². The van der Waals surface area contributed by atoms with E-state index in [2.05, 4.69) is 82.1 Å². The maximum atomic E-state index is 12.2. The van der Waals surface area contributed by atoms with E-state index >= 15 is 0 Å². The van der Waals surface area contributed by atoms with Crippen LogP contribution in [0.25, 0.3) is 45.6 Å². The predicted molar refractivity (Wildman–Crippen MR) is 482 cm³/mol. The van der Waals surface area contributed by atoms with Gasteiger partial charge in [0.1, 0.15) is 70.7 Å². The monoisotopic (exact) mass is 1850 g/mol. The van der Waals surface area contributed by atoms with Crippen LogP contribution in [0.3, 0.4) is 0 Å². The van der Waals surface area contributed by atoms with Gasteiger partial charge in [-0.2, -0.15) is 0 Å². The summed E-state index contributed by atoms with van der Waals surface area (Å²) in [5.41, 5.74) is 11.5. The Kier molecular flexibility index (Phi) is 35.3. The van der Waals surface area contributed by atoms with Gasteiger partial charge in [0, 0.05) is 28.2 Å². The van der Waals surface area contributed by atoms with Crippen LogP contribution >= 0.6 is 0 Å². The summed E-state index contributed by atoms with van der Waals surface area (Å²) in [5, 5.41) is 78.5. The molecule has 3 amide bonds. The topological polar surface area (TPSA) is 515 Å². The number of hydrogen-bond acceptors (Lipinski definition) is 29. The molecule has 0 bridgehead atoms. The number of aryl methyl sites for hydroxylation is 8. The molecule has 10 aromatic rings. The van der Waals surface area contributed by atoms with Crippen LogP contribution < -0.4 is 34.9 Å². The van der Waals surface area contributed by atoms with Crippen molar-refractivity contribution in [2.75, 3.05) is 13.2 Å². The Morgan fingerprint density at radius 3 is 1.08 bits per heavy atom. The number of amides is 3. The van der Waals surface area contributed by atoms with Gasteiger partial charge in [0.15, 0.2) is 0 Å². The third-order valence-corrected chi connectivity index (χ3v) is 24.1. The van der Waals surface area contributed by atoms with Crippen LogP contribution in [0, 0.1) is 63.2 Å². The number of alkyl carbamates (subject to hydrolysis) is 3. The molecule has 0 aliphatic heterocycles. The summed E-state index contributed by atoms with van der Waals surface area (Å²) >= 11 is 0. The lowest BCUT2D eigenvalue weighted by atomic mass is 9.87. The number of carbonyl (C=O) groups is 8. The zero-order valence-electron chi connectivity index (χ0n) is 77.1. The van der Waals surface area contributed by atoms with Gasteiger partial charge in [-0.3, -0.25) is 28.7 Å². The second-order valence-electron chi connectivity index (χ2n) is 34.4. The third-order valence-electron chi connectivity index (χ3n) is 24.1. The Labute approximate surface area is 774 Å². The molecule has 2 unspecified atom stereocenters. The van der Waals surface area contributed by atoms with Crippen LogP contribution in [0.4, 0.5) is 14.4 Å². The van der Waals surface area contributed by atoms with Gasteiger partial charge in [-0.25, -0.2) is 53.3 Å². The Bertz CT molecular complexity index is 5480. The fraction of sp³-hybridized carbons (Fsp3) is 0.500. The molecule has 40 heteroatoms. The first-order chi connectivity index (χ1) is 64.5. The molecule has 5 fully saturated rings. The van der Waals surface area contributed by atoms with Gasteiger partial charge in [-0.15, -0.1) is 20.4 Å². The van der Waals surface area contributed by atoms with Gasteiger partial charge in [0.05, 0.1) is 144 Å². The predicted octanol–water partition coefficient (Wildman–Crippen LogP) is 12.8. The molecule has 134 heavy (non-hydrogen) atoms. The lowest BCUT2D eigenvalue weighted by molar-refractivity contribution is -0.144. The number of carbonyl (C=O) groups excluding carboxylic acids is 4. The highest BCUT2D eigenvalue weighted by Gasteiger charge is 2.35. The second-order valence-corrected chi connectivity index (χ2v) is 34.4. The van der Waals surface area contributed by atoms with E-state index in [9.17, 15) is 58.8 Å². The van der Waals surface area contributed by atoms with Crippen molar-refractivity contribution in [2.45, 2.75) is 227 Å². The van der Waals surface area contributed by atoms with Crippen molar-refractivity contribution in [1.29, 1.82) is 0 Å². The molecule has 5 aliphatic rings. The normalized spacial score (nSPS) is 18.7. The van der Waals surface area contributed by atoms with Gasteiger partial charge < -0.3 is 74.3 Å². The van der Waals surface area contributed by atoms with Crippen LogP contribution in [0.2, 0.25) is 0 Å². The Balaban J connectivity index is 0.000000161. The highest BCUT2D eigenvalue weighted by atomic mass is 16.6. The molecule has 0 saturated heterocycles. The molecule has 9 atom stereocenters. The van der Waals surface area contributed by atoms with E-state index in [-0.39, 0.29) is 87.4 Å². The number of aromatic nitrogens is 17. The van der Waals surface area contributed by atoms with Crippen molar-refractivity contribution < 1.29 is 96.7 Å². The lowest BCUT2D eigenvalue weighted by Gasteiger charge is -2.27. The highest BCUT2D eigenvalue weighted by Crippen LogP contribution is 2.37. The van der Waals surface area contributed by atoms with Crippen molar-refractivity contribution in [3.63, 3.8) is 0 Å². The van der Waals surface area contributed by atoms with Crippen LogP contribution in [0.15, 0.2) is 103 Å². The number of pyridine rings is 3. The molecule has 7 N–H and O–H groups in total. The number of aliphatic carboxylic acids is 4. The Hall–Kier alpha value is -14.1. The molecule has 15 rings (SSSR count). The zero-order chi connectivity index (χ0) is 95.5. The van der Waals surface area contributed by atoms with Crippen LogP contribution in [0.1, 0.15) is 193 Å². The van der Waals surface area contributed by atoms with Gasteiger partial charge in [0.2, 0.25) is 5.88 Å². The van der Waals surface area contributed by atoms with E-state index in [1.54, 1.807) is 78.2 Å². The summed E-state index contributed by atoms with van der Waals surface area (Å²) in [4.78, 5) is 117. The largest absolute Gasteiger partial charge is 0.489 e. The van der Waals surface area contributed by atoms with Gasteiger partial charge in [-0.1, -0.05) is 102 Å². The number of ether oxygens (including phenoxy) is 8. The number of esters is 1. The standard InChI is InChI=1S/C25H29N5O5.C24H28N6O5.C23H33N5O5.C22H28N4O5/c1-16-22(35-19-10-6-9-18(13-19)24(31)32)12-11-20(27-16)23-21(30(2)29-28-23)14-26-25(33)34-15-17-7-4-3-5-8-17;1-15-22(35-18-10-6-9-17(11-18)23(31)32)25-12-19(27-15)21-20(30(2)29-28-21)13-26-24(33)34-14-16-7-4-3-5-8-16;1-5-14(2)13-32-23(31)24-12-19-21(26-27-28(19)4)18-9-10-20(15(3)25-18)33-17-8-6-7-16(11-17)22(29)30;1-13-19(31-16-5-3-4-15(10-16)22(28)29)9-8-17(23-13)21-18(26(2)25-24-21)11-20(27)30-12-14-6-7-14/h3-5,7-8,11-12,18-19H,6,9-10,13-15H2,1-2H3,(H,26,33)(H,31,32);3-5,7-8,12,17-18H,6,9-11,13-14H2,1-2H3,(H,26,33)(H,31,32);9-10,14,16-17H,5-8,11-13H2,1-4H3,(H,24,31)(H,29,30);8-9,14-16H,3-7,10-12H2,1-2H3,(H,28,29)/t18?,19-;17-,18?;14-,16-,17-;15-,16-/m0000/s1. The maximum Gasteiger partial charge on any atom is 0.407 e. The number of hydrogen-bond donors (Lipinski definition) is 7. The van der Waals surface area contributed by atoms with Gasteiger partial charge >= 0.3 is 48.1 Å². The van der Waals surface area contributed by atoms with E-state index in [4.69, 9.17) is 37.9 Å². The van der Waals surface area contributed by atoms with Crippen molar-refractivity contribution in [2.24, 2.45) is 63.7 Å². The average Bonchev–Trinajstić information content (AvgIpc) is 1.69. The summed E-state index contributed by atoms with van der Waals surface area (Å²) in [6, 6.07) is 29.7. The Morgan fingerprint density at radius 1 is 0.403 bits per heavy atom. The Morgan fingerprint density at radius 2 is 0.739 bits per heavy atom. The van der Waals surface area contributed by atoms with E-state index < -0.39 is 48.1 Å². The summed E-state index contributed by atoms with van der Waals surface area (Å²) < 4.78 is 51.7. The molecule has 2 aromatic carbocycles. The number of nitrogens with zero attached hydrogens (tertiary/aromatic N) is 17. The lowest BCUT2D eigenvalue weighted by Crippen LogP contribution is -2.30. The minimum Gasteiger partial charge on any atom is -0.489 e. The molecular weight excluding hydrogens is 1730 g/mol. The van der Waals surface area contributed by atoms with E-state index in [0.717, 1.165) is 81.8 Å². The molecule has 5 aliphatic carbocycles. The minimum atomic E-state index is -0.788. The fourth-order valence-electron chi connectivity index (χ4n) is 15.9. The van der Waals surface area contributed by atoms with Crippen molar-refractivity contribution in [1.82, 2.24) is 101 Å². The number of rotatable bonds is 33. The van der Waals surface area contributed by atoms with Crippen molar-refractivity contribution >= 4 is 48.1 Å². The number of nitrogens with one attached hydrogen (secondary N) is 3. The van der Waals surface area contributed by atoms with Crippen molar-refractivity contribution in [3.8, 4) is 68.7 Å². The molecule has 0 radical (unpaired) electrons. The van der Waals surface area contributed by atoms with Gasteiger partial charge in [0.25, 0.3) is 0 Å². The average molecular weight is 1850 g/mol. The summed E-state index contributed by atoms with van der Waals surface area (Å²) in [6.45, 7) is 13.1. The summed E-state index contributed by atoms with van der Waals surface area (Å²) in [7, 11) is 6.97. The molecule has 40 nitrogen and oxygen atoms in total. The first-order valence-corrected chi connectivity index (χ1v) is 45.3. The van der Waals surface area contributed by atoms with Crippen LogP contribution in [-0.4, -0.2) is 191 Å². The summed E-state index contributed by atoms with van der Waals surface area (Å²) in [5.74, 6) is -1.76. The third kappa shape index (κ3) is 28.5. The molecule has 8 heterocycles. The number of benzene rings is 2. The molecule has 714 valence electrons. The minimum absolute atomic E-state index is 0.0865. The summed E-state index contributed by atoms with van der Waals surface area (Å²) in [6.07, 6.45) is 13.9. The number of carboxylic acid groups (broad SMARTS) is 4. The first kappa shape index (κ1) is 98.9. The maximum absolute atomic E-state index is 12.2. The van der Waals surface area contributed by atoms with Crippen molar-refractivity contribution in [3.05, 3.63) is 160 Å². The highest BCUT2D eigenvalue weighted by molar-refractivity contribution is 5.76. The first-order valence-electron chi connectivity index (χ1n) is 45.3. The van der Waals surface area contributed by atoms with Crippen LogP contribution in [0.5, 0.6) is 23.1 Å². The number of carboxylic acids is 4. The molecule has 8 aromatic heterocycles. The van der Waals surface area contributed by atoms with E-state index in [1.165, 1.54) is 0 Å². The van der Waals surface area contributed by atoms with Gasteiger partial charge in [-0.05, 0) is 203 Å². The van der Waals surface area contributed by atoms with Crippen LogP contribution in [-0.2, 0) is 110 Å². The molecular formula is C94H118N20O20. The molecule has 0 spiro atoms. The van der Waals surface area contributed by atoms with E-state index in [0.29, 0.717) is 191 Å². The quantitative estimate of drug-likeness (QED) is 0.0148. The molecule has 5 saturated carbocycles. The zero-order valence-corrected chi connectivity index (χ0v) is 77.1. The SMILES string of the molecule is CC[C@H](C)COC(=O)NCc1c(-c2ccc(O[C@H]3CCC[C@H](C(=O)O)C3)c(C)n2)nnn1C.Cc1nc(-c2nnn(C)c2CC(=O)OCC2CC2)ccc1O[C@H]1CCC[C@H](C(=O)O)C1.Cc1nc(-c2nnn(C)c2CNC(=O)OCc2ccccc2)ccc1O[C@H]1CCCC(C(=O)O)C1.Cc1nc(-c2nnn(C)c2CNC(=O)OCc2ccccc2)cnc1OC1CCC[C@H](C(=O)O)C1. The smallest absolute Gasteiger partial charge is 0.407 e. The second kappa shape index (κ2) is 47.8.